The summed E-state index contributed by atoms with van der Waals surface area (Å²) in [6, 6.07) is 1.57. The van der Waals surface area contributed by atoms with Gasteiger partial charge in [0.15, 0.2) is 0 Å². The highest BCUT2D eigenvalue weighted by Crippen LogP contribution is 2.28. The van der Waals surface area contributed by atoms with Crippen LogP contribution >= 0.6 is 35.0 Å². The normalized spacial score (nSPS) is 11.8. The van der Waals surface area contributed by atoms with Crippen molar-refractivity contribution in [2.45, 2.75) is 19.4 Å². The number of carbonyl (C=O) groups excluding carboxylic acids is 1. The minimum absolute atomic E-state index is 0.332. The van der Waals surface area contributed by atoms with Gasteiger partial charge in [0.05, 0.1) is 10.7 Å². The fraction of sp³-hybridized carbons (Fsp3) is 0.385. The molecule has 3 N–H and O–H groups in total. The van der Waals surface area contributed by atoms with Gasteiger partial charge in [0.1, 0.15) is 6.04 Å². The minimum Gasteiger partial charge on any atom is -0.480 e. The molecule has 0 aliphatic carbocycles. The maximum atomic E-state index is 11.8. The van der Waals surface area contributed by atoms with Gasteiger partial charge < -0.3 is 15.7 Å². The lowest BCUT2D eigenvalue weighted by atomic mass is 10.2. The van der Waals surface area contributed by atoms with Crippen LogP contribution in [0.1, 0.15) is 12.0 Å². The molecule has 1 atom stereocenters. The number of hydrogen-bond donors (Lipinski definition) is 3. The first-order valence-electron chi connectivity index (χ1n) is 6.10. The van der Waals surface area contributed by atoms with Crippen LogP contribution in [-0.4, -0.2) is 35.2 Å². The van der Waals surface area contributed by atoms with Crippen molar-refractivity contribution in [3.8, 4) is 0 Å². The Balaban J connectivity index is 2.72. The molecule has 8 heteroatoms. The van der Waals surface area contributed by atoms with Gasteiger partial charge >= 0.3 is 12.0 Å². The Labute approximate surface area is 137 Å². The topological polar surface area (TPSA) is 78.4 Å². The van der Waals surface area contributed by atoms with Crippen molar-refractivity contribution >= 4 is 52.7 Å². The van der Waals surface area contributed by atoms with Crippen LogP contribution in [-0.2, 0) is 4.79 Å². The zero-order valence-electron chi connectivity index (χ0n) is 11.6. The molecule has 0 aromatic heterocycles. The van der Waals surface area contributed by atoms with E-state index < -0.39 is 18.0 Å². The van der Waals surface area contributed by atoms with E-state index >= 15 is 0 Å². The Morgan fingerprint density at radius 3 is 2.57 bits per heavy atom. The smallest absolute Gasteiger partial charge is 0.326 e. The quantitative estimate of drug-likeness (QED) is 0.731. The van der Waals surface area contributed by atoms with Gasteiger partial charge in [-0.2, -0.15) is 11.8 Å². The standard InChI is InChI=1S/C13H16Cl2N2O3S/c1-7-5-9(15)11(6-8(7)14)17-13(20)16-10(12(18)19)3-4-21-2/h5-6,10H,3-4H2,1-2H3,(H,18,19)(H2,16,17,20). The van der Waals surface area contributed by atoms with E-state index in [0.717, 1.165) is 5.56 Å². The average Bonchev–Trinajstić information content (AvgIpc) is 2.40. The number of anilines is 1. The molecule has 0 aliphatic heterocycles. The first kappa shape index (κ1) is 17.9. The van der Waals surface area contributed by atoms with Gasteiger partial charge in [0.2, 0.25) is 0 Å². The first-order chi connectivity index (χ1) is 9.85. The van der Waals surface area contributed by atoms with E-state index in [-0.39, 0.29) is 0 Å². The summed E-state index contributed by atoms with van der Waals surface area (Å²) in [4.78, 5) is 22.9. The van der Waals surface area contributed by atoms with Crippen molar-refractivity contribution in [1.29, 1.82) is 0 Å². The van der Waals surface area contributed by atoms with Crippen LogP contribution in [0.3, 0.4) is 0 Å². The number of carboxylic acid groups (broad SMARTS) is 1. The van der Waals surface area contributed by atoms with Crippen molar-refractivity contribution in [3.63, 3.8) is 0 Å². The largest absolute Gasteiger partial charge is 0.480 e. The zero-order valence-corrected chi connectivity index (χ0v) is 13.9. The molecule has 0 aliphatic rings. The van der Waals surface area contributed by atoms with Crippen LogP contribution in [0.4, 0.5) is 10.5 Å². The molecule has 0 bridgehead atoms. The lowest BCUT2D eigenvalue weighted by molar-refractivity contribution is -0.139. The average molecular weight is 351 g/mol. The fourth-order valence-electron chi connectivity index (χ4n) is 1.55. The monoisotopic (exact) mass is 350 g/mol. The van der Waals surface area contributed by atoms with Gasteiger partial charge in [-0.1, -0.05) is 23.2 Å². The minimum atomic E-state index is -1.08. The Kier molecular flexibility index (Phi) is 7.14. The van der Waals surface area contributed by atoms with Crippen molar-refractivity contribution in [2.75, 3.05) is 17.3 Å². The molecule has 1 aromatic carbocycles. The Bertz CT molecular complexity index is 540. The second-order valence-electron chi connectivity index (χ2n) is 4.35. The van der Waals surface area contributed by atoms with Crippen LogP contribution in [0.2, 0.25) is 10.0 Å². The second kappa shape index (κ2) is 8.36. The summed E-state index contributed by atoms with van der Waals surface area (Å²) < 4.78 is 0. The number of hydrogen-bond acceptors (Lipinski definition) is 3. The number of halogens is 2. The summed E-state index contributed by atoms with van der Waals surface area (Å²) in [6.45, 7) is 1.79. The van der Waals surface area contributed by atoms with Crippen LogP contribution in [0.5, 0.6) is 0 Å². The number of aryl methyl sites for hydroxylation is 1. The second-order valence-corrected chi connectivity index (χ2v) is 6.15. The number of amides is 2. The lowest BCUT2D eigenvalue weighted by Gasteiger charge is -2.15. The van der Waals surface area contributed by atoms with Gasteiger partial charge in [-0.05, 0) is 43.0 Å². The molecule has 116 valence electrons. The molecule has 0 saturated heterocycles. The van der Waals surface area contributed by atoms with Gasteiger partial charge in [-0.3, -0.25) is 0 Å². The highest BCUT2D eigenvalue weighted by Gasteiger charge is 2.19. The number of rotatable bonds is 6. The molecule has 2 amide bonds. The Hall–Kier alpha value is -1.11. The van der Waals surface area contributed by atoms with Crippen molar-refractivity contribution in [2.24, 2.45) is 0 Å². The van der Waals surface area contributed by atoms with Crippen LogP contribution < -0.4 is 10.6 Å². The third kappa shape index (κ3) is 5.65. The summed E-state index contributed by atoms with van der Waals surface area (Å²) in [7, 11) is 0. The summed E-state index contributed by atoms with van der Waals surface area (Å²) in [5, 5.41) is 14.8. The van der Waals surface area contributed by atoms with Crippen molar-refractivity contribution in [1.82, 2.24) is 5.32 Å². The number of urea groups is 1. The van der Waals surface area contributed by atoms with Crippen LogP contribution in [0, 0.1) is 6.92 Å². The van der Waals surface area contributed by atoms with Crippen molar-refractivity contribution < 1.29 is 14.7 Å². The van der Waals surface area contributed by atoms with E-state index in [0.29, 0.717) is 27.9 Å². The van der Waals surface area contributed by atoms with Gasteiger partial charge in [-0.15, -0.1) is 0 Å². The summed E-state index contributed by atoms with van der Waals surface area (Å²) >= 11 is 13.5. The highest BCUT2D eigenvalue weighted by atomic mass is 35.5. The lowest BCUT2D eigenvalue weighted by Crippen LogP contribution is -2.43. The third-order valence-electron chi connectivity index (χ3n) is 2.71. The van der Waals surface area contributed by atoms with Gasteiger partial charge in [-0.25, -0.2) is 9.59 Å². The molecular weight excluding hydrogens is 335 g/mol. The van der Waals surface area contributed by atoms with E-state index in [1.54, 1.807) is 13.0 Å². The predicted molar refractivity (Wildman–Crippen MR) is 87.8 cm³/mol. The summed E-state index contributed by atoms with van der Waals surface area (Å²) in [6.07, 6.45) is 2.21. The third-order valence-corrected chi connectivity index (χ3v) is 4.07. The summed E-state index contributed by atoms with van der Waals surface area (Å²) in [5.74, 6) is -0.443. The maximum absolute atomic E-state index is 11.8. The number of aliphatic carboxylic acids is 1. The van der Waals surface area contributed by atoms with E-state index in [1.807, 2.05) is 6.26 Å². The molecule has 0 fully saturated rings. The number of carboxylic acids is 1. The number of benzene rings is 1. The van der Waals surface area contributed by atoms with E-state index in [2.05, 4.69) is 10.6 Å². The molecular formula is C13H16Cl2N2O3S. The van der Waals surface area contributed by atoms with E-state index in [4.69, 9.17) is 28.3 Å². The molecule has 0 heterocycles. The van der Waals surface area contributed by atoms with Crippen LogP contribution in [0.25, 0.3) is 0 Å². The van der Waals surface area contributed by atoms with Gasteiger partial charge in [0.25, 0.3) is 0 Å². The number of thioether (sulfide) groups is 1. The zero-order chi connectivity index (χ0) is 16.0. The Morgan fingerprint density at radius 2 is 2.00 bits per heavy atom. The number of nitrogens with one attached hydrogen (secondary N) is 2. The predicted octanol–water partition coefficient (Wildman–Crippen LogP) is 3.63. The molecule has 5 nitrogen and oxygen atoms in total. The molecule has 0 spiro atoms. The first-order valence-corrected chi connectivity index (χ1v) is 8.25. The molecule has 1 rings (SSSR count). The van der Waals surface area contributed by atoms with Crippen molar-refractivity contribution in [3.05, 3.63) is 27.7 Å². The Morgan fingerprint density at radius 1 is 1.33 bits per heavy atom. The van der Waals surface area contributed by atoms with E-state index in [9.17, 15) is 9.59 Å². The SMILES string of the molecule is CSCCC(NC(=O)Nc1cc(Cl)c(C)cc1Cl)C(=O)O. The van der Waals surface area contributed by atoms with Crippen LogP contribution in [0.15, 0.2) is 12.1 Å². The maximum Gasteiger partial charge on any atom is 0.326 e. The molecule has 1 unspecified atom stereocenters. The van der Waals surface area contributed by atoms with Gasteiger partial charge in [0, 0.05) is 5.02 Å². The molecule has 0 radical (unpaired) electrons. The molecule has 21 heavy (non-hydrogen) atoms. The highest BCUT2D eigenvalue weighted by molar-refractivity contribution is 7.98. The molecule has 0 saturated carbocycles. The number of carbonyl (C=O) groups is 2. The fourth-order valence-corrected chi connectivity index (χ4v) is 2.45. The molecule has 1 aromatic rings. The van der Waals surface area contributed by atoms with E-state index in [1.165, 1.54) is 17.8 Å². The summed E-state index contributed by atoms with van der Waals surface area (Å²) in [5.41, 5.74) is 1.12.